The van der Waals surface area contributed by atoms with Crippen LogP contribution in [0.15, 0.2) is 71.6 Å². The Hall–Kier alpha value is -3.91. The fourth-order valence-electron chi connectivity index (χ4n) is 4.56. The van der Waals surface area contributed by atoms with Crippen LogP contribution in [0.25, 0.3) is 0 Å². The number of amides is 1. The standard InChI is InChI=1S/C28H24F6N2O5S/c1-17-6-8-22(9-7-17)42(39,40)36-11-10-18-4-2-3-5-23(18)24(36)15-26(38)41-16-25(37)35-21-13-19(27(29,30)31)12-20(14-21)28(32,33)34/h2-9,12-14,24H,10-11,15-16H2,1H3,(H,35,37)/t24-/m0/s1. The number of carbonyl (C=O) groups excluding carboxylic acids is 2. The Bertz CT molecular complexity index is 1560. The van der Waals surface area contributed by atoms with Crippen molar-refractivity contribution in [1.29, 1.82) is 0 Å². The summed E-state index contributed by atoms with van der Waals surface area (Å²) in [4.78, 5) is 25.1. The quantitative estimate of drug-likeness (QED) is 0.265. The number of hydrogen-bond acceptors (Lipinski definition) is 5. The van der Waals surface area contributed by atoms with E-state index in [1.807, 2.05) is 5.32 Å². The zero-order chi connectivity index (χ0) is 30.9. The molecule has 1 amide bonds. The number of anilines is 1. The number of fused-ring (bicyclic) bond motifs is 1. The maximum atomic E-state index is 13.5. The molecule has 7 nitrogen and oxygen atoms in total. The molecule has 14 heteroatoms. The molecular formula is C28H24F6N2O5S. The SMILES string of the molecule is Cc1ccc(S(=O)(=O)N2CCc3ccccc3[C@@H]2CC(=O)OCC(=O)Nc2cc(C(F)(F)F)cc(C(F)(F)F)c2)cc1. The van der Waals surface area contributed by atoms with Crippen molar-refractivity contribution in [2.45, 2.75) is 43.1 Å². The third-order valence-corrected chi connectivity index (χ3v) is 8.51. The van der Waals surface area contributed by atoms with E-state index in [0.717, 1.165) is 11.1 Å². The first-order valence-corrected chi connectivity index (χ1v) is 13.9. The highest BCUT2D eigenvalue weighted by Crippen LogP contribution is 2.38. The number of rotatable bonds is 7. The second-order valence-corrected chi connectivity index (χ2v) is 11.5. The van der Waals surface area contributed by atoms with E-state index in [1.54, 1.807) is 43.3 Å². The van der Waals surface area contributed by atoms with Crippen molar-refractivity contribution >= 4 is 27.6 Å². The van der Waals surface area contributed by atoms with Gasteiger partial charge in [-0.15, -0.1) is 0 Å². The number of benzene rings is 3. The Morgan fingerprint density at radius 3 is 2.12 bits per heavy atom. The minimum absolute atomic E-state index is 0.0181. The Balaban J connectivity index is 1.50. The van der Waals surface area contributed by atoms with Gasteiger partial charge in [0.25, 0.3) is 5.91 Å². The molecule has 224 valence electrons. The number of sulfonamides is 1. The maximum Gasteiger partial charge on any atom is 0.416 e. The first kappa shape index (κ1) is 31.0. The molecular weight excluding hydrogens is 590 g/mol. The molecule has 0 saturated carbocycles. The molecule has 4 rings (SSSR count). The number of hydrogen-bond donors (Lipinski definition) is 1. The van der Waals surface area contributed by atoms with Crippen LogP contribution in [0.3, 0.4) is 0 Å². The average molecular weight is 615 g/mol. The fourth-order valence-corrected chi connectivity index (χ4v) is 6.17. The van der Waals surface area contributed by atoms with Crippen molar-refractivity contribution in [2.24, 2.45) is 0 Å². The van der Waals surface area contributed by atoms with Gasteiger partial charge >= 0.3 is 18.3 Å². The van der Waals surface area contributed by atoms with Gasteiger partial charge in [0.05, 0.1) is 28.5 Å². The summed E-state index contributed by atoms with van der Waals surface area (Å²) in [6.45, 7) is 0.822. The van der Waals surface area contributed by atoms with Crippen LogP contribution in [0.1, 0.15) is 40.3 Å². The molecule has 0 fully saturated rings. The highest BCUT2D eigenvalue weighted by molar-refractivity contribution is 7.89. The fraction of sp³-hybridized carbons (Fsp3) is 0.286. The van der Waals surface area contributed by atoms with Gasteiger partial charge in [-0.05, 0) is 54.8 Å². The van der Waals surface area contributed by atoms with E-state index in [9.17, 15) is 44.3 Å². The topological polar surface area (TPSA) is 92.8 Å². The van der Waals surface area contributed by atoms with Crippen LogP contribution in [0.4, 0.5) is 32.0 Å². The van der Waals surface area contributed by atoms with Crippen LogP contribution in [0.5, 0.6) is 0 Å². The summed E-state index contributed by atoms with van der Waals surface area (Å²) in [6, 6.07) is 12.6. The summed E-state index contributed by atoms with van der Waals surface area (Å²) in [5.41, 5.74) is -1.84. The number of nitrogens with one attached hydrogen (secondary N) is 1. The van der Waals surface area contributed by atoms with Gasteiger partial charge in [-0.3, -0.25) is 9.59 Å². The van der Waals surface area contributed by atoms with Crippen molar-refractivity contribution in [3.05, 3.63) is 94.5 Å². The van der Waals surface area contributed by atoms with Crippen LogP contribution in [-0.2, 0) is 43.1 Å². The number of aryl methyl sites for hydroxylation is 1. The van der Waals surface area contributed by atoms with E-state index in [2.05, 4.69) is 0 Å². The van der Waals surface area contributed by atoms with E-state index < -0.39 is 70.1 Å². The summed E-state index contributed by atoms with van der Waals surface area (Å²) in [5.74, 6) is -2.19. The first-order valence-electron chi connectivity index (χ1n) is 12.5. The van der Waals surface area contributed by atoms with Crippen LogP contribution >= 0.6 is 0 Å². The number of esters is 1. The Morgan fingerprint density at radius 2 is 1.52 bits per heavy atom. The van der Waals surface area contributed by atoms with Gasteiger partial charge in [-0.1, -0.05) is 42.0 Å². The van der Waals surface area contributed by atoms with E-state index in [0.29, 0.717) is 24.1 Å². The minimum Gasteiger partial charge on any atom is -0.456 e. The van der Waals surface area contributed by atoms with Crippen molar-refractivity contribution in [3.8, 4) is 0 Å². The smallest absolute Gasteiger partial charge is 0.416 e. The molecule has 1 aliphatic rings. The number of halogens is 6. The van der Waals surface area contributed by atoms with Crippen molar-refractivity contribution in [3.63, 3.8) is 0 Å². The third-order valence-electron chi connectivity index (χ3n) is 6.59. The number of carbonyl (C=O) groups is 2. The molecule has 3 aromatic carbocycles. The lowest BCUT2D eigenvalue weighted by Gasteiger charge is -2.36. The number of nitrogens with zero attached hydrogens (tertiary/aromatic N) is 1. The van der Waals surface area contributed by atoms with E-state index in [1.165, 1.54) is 16.4 Å². The van der Waals surface area contributed by atoms with Crippen LogP contribution in [0.2, 0.25) is 0 Å². The van der Waals surface area contributed by atoms with Crippen LogP contribution < -0.4 is 5.32 Å². The normalized spacial score (nSPS) is 16.0. The lowest BCUT2D eigenvalue weighted by Crippen LogP contribution is -2.41. The summed E-state index contributed by atoms with van der Waals surface area (Å²) >= 11 is 0. The molecule has 0 spiro atoms. The molecule has 0 unspecified atom stereocenters. The monoisotopic (exact) mass is 614 g/mol. The van der Waals surface area contributed by atoms with E-state index in [-0.39, 0.29) is 17.5 Å². The van der Waals surface area contributed by atoms with Crippen molar-refractivity contribution in [2.75, 3.05) is 18.5 Å². The van der Waals surface area contributed by atoms with Gasteiger partial charge in [0.2, 0.25) is 10.0 Å². The molecule has 0 saturated heterocycles. The number of ether oxygens (including phenoxy) is 1. The molecule has 42 heavy (non-hydrogen) atoms. The lowest BCUT2D eigenvalue weighted by molar-refractivity contribution is -0.148. The maximum absolute atomic E-state index is 13.5. The molecule has 0 aliphatic carbocycles. The molecule has 1 N–H and O–H groups in total. The highest BCUT2D eigenvalue weighted by Gasteiger charge is 2.39. The van der Waals surface area contributed by atoms with Crippen molar-refractivity contribution in [1.82, 2.24) is 4.31 Å². The number of alkyl halides is 6. The Labute approximate surface area is 237 Å². The predicted molar refractivity (Wildman–Crippen MR) is 139 cm³/mol. The zero-order valence-electron chi connectivity index (χ0n) is 21.9. The largest absolute Gasteiger partial charge is 0.456 e. The predicted octanol–water partition coefficient (Wildman–Crippen LogP) is 5.89. The summed E-state index contributed by atoms with van der Waals surface area (Å²) in [6.07, 6.45) is -10.4. The molecule has 1 heterocycles. The second-order valence-electron chi connectivity index (χ2n) is 9.60. The Kier molecular flexibility index (Phi) is 8.69. The first-order chi connectivity index (χ1) is 19.6. The van der Waals surface area contributed by atoms with Gasteiger partial charge in [-0.25, -0.2) is 8.42 Å². The van der Waals surface area contributed by atoms with Crippen LogP contribution in [0, 0.1) is 6.92 Å². The van der Waals surface area contributed by atoms with Gasteiger partial charge < -0.3 is 10.1 Å². The van der Waals surface area contributed by atoms with E-state index >= 15 is 0 Å². The summed E-state index contributed by atoms with van der Waals surface area (Å²) in [7, 11) is -4.06. The molecule has 0 radical (unpaired) electrons. The van der Waals surface area contributed by atoms with Gasteiger partial charge in [-0.2, -0.15) is 30.6 Å². The molecule has 0 bridgehead atoms. The van der Waals surface area contributed by atoms with Gasteiger partial charge in [0.15, 0.2) is 6.61 Å². The van der Waals surface area contributed by atoms with Crippen LogP contribution in [-0.4, -0.2) is 37.8 Å². The average Bonchev–Trinajstić information content (AvgIpc) is 2.91. The second kappa shape index (κ2) is 11.8. The lowest BCUT2D eigenvalue weighted by atomic mass is 9.92. The Morgan fingerprint density at radius 1 is 0.929 bits per heavy atom. The highest BCUT2D eigenvalue weighted by atomic mass is 32.2. The molecule has 1 aliphatic heterocycles. The van der Waals surface area contributed by atoms with E-state index in [4.69, 9.17) is 4.74 Å². The zero-order valence-corrected chi connectivity index (χ0v) is 22.7. The van der Waals surface area contributed by atoms with Crippen molar-refractivity contribution < 1.29 is 49.1 Å². The van der Waals surface area contributed by atoms with Gasteiger partial charge in [0.1, 0.15) is 0 Å². The molecule has 1 atom stereocenters. The van der Waals surface area contributed by atoms with Gasteiger partial charge in [0, 0.05) is 12.2 Å². The molecule has 0 aromatic heterocycles. The third kappa shape index (κ3) is 7.10. The minimum atomic E-state index is -5.12. The molecule has 3 aromatic rings. The summed E-state index contributed by atoms with van der Waals surface area (Å²) in [5, 5.41) is 1.88. The summed E-state index contributed by atoms with van der Waals surface area (Å²) < 4.78 is 112.